The third-order valence-corrected chi connectivity index (χ3v) is 2.65. The molecule has 7 nitrogen and oxygen atoms in total. The Morgan fingerprint density at radius 1 is 1.71 bits per heavy atom. The third-order valence-electron chi connectivity index (χ3n) is 2.65. The van der Waals surface area contributed by atoms with Crippen LogP contribution < -0.4 is 16.0 Å². The van der Waals surface area contributed by atoms with Crippen LogP contribution in [0.4, 0.5) is 5.69 Å². The van der Waals surface area contributed by atoms with Crippen molar-refractivity contribution in [2.24, 2.45) is 5.73 Å². The number of hydrogen-bond acceptors (Lipinski definition) is 7. The second-order valence-electron chi connectivity index (χ2n) is 3.76. The summed E-state index contributed by atoms with van der Waals surface area (Å²) in [5.41, 5.74) is 6.95. The Bertz CT molecular complexity index is 411. The summed E-state index contributed by atoms with van der Waals surface area (Å²) in [4.78, 5) is 13.3. The second-order valence-corrected chi connectivity index (χ2v) is 3.76. The van der Waals surface area contributed by atoms with Crippen LogP contribution in [0, 0.1) is 0 Å². The lowest BCUT2D eigenvalue weighted by Crippen LogP contribution is -2.56. The van der Waals surface area contributed by atoms with E-state index >= 15 is 0 Å². The first-order valence-electron chi connectivity index (χ1n) is 5.36. The topological polar surface area (TPSA) is 93.4 Å². The maximum Gasteiger partial charge on any atom is 0.358 e. The van der Waals surface area contributed by atoms with Gasteiger partial charge >= 0.3 is 5.97 Å². The molecule has 0 saturated carbocycles. The van der Waals surface area contributed by atoms with E-state index in [0.717, 1.165) is 18.8 Å². The fourth-order valence-electron chi connectivity index (χ4n) is 1.76. The van der Waals surface area contributed by atoms with Gasteiger partial charge < -0.3 is 20.7 Å². The van der Waals surface area contributed by atoms with Crippen molar-refractivity contribution in [2.45, 2.75) is 6.17 Å². The summed E-state index contributed by atoms with van der Waals surface area (Å²) in [5, 5.41) is 10.7. The molecule has 1 aliphatic rings. The van der Waals surface area contributed by atoms with Gasteiger partial charge in [-0.3, -0.25) is 0 Å². The number of rotatable bonds is 2. The van der Waals surface area contributed by atoms with Crippen molar-refractivity contribution in [3.05, 3.63) is 18.0 Å². The fraction of sp³-hybridized carbons (Fsp3) is 0.500. The maximum absolute atomic E-state index is 11.3. The lowest BCUT2D eigenvalue weighted by Gasteiger charge is -2.35. The number of carbonyl (C=O) groups is 1. The van der Waals surface area contributed by atoms with Crippen molar-refractivity contribution >= 4 is 11.7 Å². The van der Waals surface area contributed by atoms with E-state index < -0.39 is 5.97 Å². The number of hydrogen-bond donors (Lipinski definition) is 2. The average molecular weight is 237 g/mol. The zero-order valence-corrected chi connectivity index (χ0v) is 9.59. The first-order valence-corrected chi connectivity index (χ1v) is 5.36. The maximum atomic E-state index is 11.3. The van der Waals surface area contributed by atoms with Gasteiger partial charge in [0.15, 0.2) is 5.69 Å². The number of methoxy groups -OCH3 is 1. The first-order chi connectivity index (χ1) is 8.22. The van der Waals surface area contributed by atoms with E-state index in [1.54, 1.807) is 12.3 Å². The number of ether oxygens (including phenoxy) is 1. The molecule has 1 aliphatic heterocycles. The minimum Gasteiger partial charge on any atom is -0.464 e. The highest BCUT2D eigenvalue weighted by Crippen LogP contribution is 2.16. The first kappa shape index (κ1) is 11.7. The molecule has 1 fully saturated rings. The Labute approximate surface area is 98.9 Å². The largest absolute Gasteiger partial charge is 0.464 e. The minimum atomic E-state index is -0.497. The summed E-state index contributed by atoms with van der Waals surface area (Å²) < 4.78 is 4.60. The number of piperazine rings is 1. The molecule has 1 aromatic rings. The Morgan fingerprint density at radius 3 is 3.24 bits per heavy atom. The molecule has 0 bridgehead atoms. The van der Waals surface area contributed by atoms with Crippen LogP contribution in [0.15, 0.2) is 12.3 Å². The zero-order chi connectivity index (χ0) is 12.3. The van der Waals surface area contributed by atoms with Gasteiger partial charge in [0.05, 0.1) is 25.2 Å². The number of aromatic nitrogens is 2. The van der Waals surface area contributed by atoms with E-state index in [1.165, 1.54) is 7.11 Å². The number of esters is 1. The second kappa shape index (κ2) is 5.07. The van der Waals surface area contributed by atoms with Crippen molar-refractivity contribution in [3.8, 4) is 0 Å². The van der Waals surface area contributed by atoms with Crippen LogP contribution in [0.3, 0.4) is 0 Å². The summed E-state index contributed by atoms with van der Waals surface area (Å²) in [6.45, 7) is 2.33. The molecule has 1 aromatic heterocycles. The third kappa shape index (κ3) is 2.51. The van der Waals surface area contributed by atoms with Gasteiger partial charge in [0.2, 0.25) is 0 Å². The van der Waals surface area contributed by atoms with Crippen molar-refractivity contribution in [2.75, 3.05) is 31.6 Å². The van der Waals surface area contributed by atoms with Crippen molar-refractivity contribution in [1.82, 2.24) is 15.5 Å². The van der Waals surface area contributed by atoms with Crippen molar-refractivity contribution < 1.29 is 9.53 Å². The molecule has 0 aliphatic carbocycles. The van der Waals surface area contributed by atoms with Crippen molar-refractivity contribution in [1.29, 1.82) is 0 Å². The number of anilines is 1. The van der Waals surface area contributed by atoms with Gasteiger partial charge in [0, 0.05) is 19.6 Å². The predicted molar refractivity (Wildman–Crippen MR) is 61.6 cm³/mol. The van der Waals surface area contributed by atoms with Crippen LogP contribution >= 0.6 is 0 Å². The summed E-state index contributed by atoms with van der Waals surface area (Å²) >= 11 is 0. The SMILES string of the molecule is COC(=O)c1cc(N2CCNCC2N)cnn1. The molecule has 92 valence electrons. The zero-order valence-electron chi connectivity index (χ0n) is 9.59. The van der Waals surface area contributed by atoms with E-state index in [4.69, 9.17) is 5.73 Å². The summed E-state index contributed by atoms with van der Waals surface area (Å²) in [6.07, 6.45) is 1.47. The number of nitrogens with two attached hydrogens (primary N) is 1. The monoisotopic (exact) mass is 237 g/mol. The van der Waals surface area contributed by atoms with E-state index in [2.05, 4.69) is 20.3 Å². The summed E-state index contributed by atoms with van der Waals surface area (Å²) in [6, 6.07) is 1.64. The van der Waals surface area contributed by atoms with Gasteiger partial charge in [0.1, 0.15) is 0 Å². The molecule has 17 heavy (non-hydrogen) atoms. The number of nitrogens with zero attached hydrogens (tertiary/aromatic N) is 3. The molecule has 0 radical (unpaired) electrons. The Kier molecular flexibility index (Phi) is 3.50. The molecule has 0 amide bonds. The quantitative estimate of drug-likeness (QED) is 0.634. The molecule has 1 saturated heterocycles. The molecule has 1 unspecified atom stereocenters. The highest BCUT2D eigenvalue weighted by molar-refractivity contribution is 5.87. The molecule has 2 heterocycles. The van der Waals surface area contributed by atoms with Crippen LogP contribution in [0.2, 0.25) is 0 Å². The Hall–Kier alpha value is -1.73. The van der Waals surface area contributed by atoms with Gasteiger partial charge in [0.25, 0.3) is 0 Å². The highest BCUT2D eigenvalue weighted by atomic mass is 16.5. The number of carbonyl (C=O) groups excluding carboxylic acids is 1. The van der Waals surface area contributed by atoms with Crippen LogP contribution in [-0.2, 0) is 4.74 Å². The summed E-state index contributed by atoms with van der Waals surface area (Å²) in [7, 11) is 1.31. The molecule has 7 heteroatoms. The molecule has 3 N–H and O–H groups in total. The van der Waals surface area contributed by atoms with Gasteiger partial charge in [-0.1, -0.05) is 0 Å². The molecule has 0 aromatic carbocycles. The van der Waals surface area contributed by atoms with Gasteiger partial charge in [-0.25, -0.2) is 4.79 Å². The van der Waals surface area contributed by atoms with Crippen LogP contribution in [0.5, 0.6) is 0 Å². The molecular formula is C10H15N5O2. The summed E-state index contributed by atoms with van der Waals surface area (Å²) in [5.74, 6) is -0.497. The Morgan fingerprint density at radius 2 is 2.53 bits per heavy atom. The minimum absolute atomic E-state index is 0.126. The van der Waals surface area contributed by atoms with E-state index in [-0.39, 0.29) is 11.9 Å². The smallest absolute Gasteiger partial charge is 0.358 e. The van der Waals surface area contributed by atoms with Gasteiger partial charge in [-0.05, 0) is 6.07 Å². The van der Waals surface area contributed by atoms with Gasteiger partial charge in [-0.2, -0.15) is 5.10 Å². The molecule has 1 atom stereocenters. The van der Waals surface area contributed by atoms with E-state index in [9.17, 15) is 4.79 Å². The van der Waals surface area contributed by atoms with Crippen molar-refractivity contribution in [3.63, 3.8) is 0 Å². The molecular weight excluding hydrogens is 222 g/mol. The fourth-order valence-corrected chi connectivity index (χ4v) is 1.76. The van der Waals surface area contributed by atoms with E-state index in [1.807, 2.05) is 4.90 Å². The predicted octanol–water partition coefficient (Wildman–Crippen LogP) is -1.04. The lowest BCUT2D eigenvalue weighted by atomic mass is 10.2. The molecule has 2 rings (SSSR count). The highest BCUT2D eigenvalue weighted by Gasteiger charge is 2.20. The standard InChI is InChI=1S/C10H15N5O2/c1-17-10(16)8-4-7(5-13-14-8)15-3-2-12-6-9(15)11/h4-5,9,12H,2-3,6,11H2,1H3. The van der Waals surface area contributed by atoms with Crippen LogP contribution in [0.1, 0.15) is 10.5 Å². The van der Waals surface area contributed by atoms with Gasteiger partial charge in [-0.15, -0.1) is 5.10 Å². The lowest BCUT2D eigenvalue weighted by molar-refractivity contribution is 0.0592. The van der Waals surface area contributed by atoms with Crippen LogP contribution in [0.25, 0.3) is 0 Å². The Balaban J connectivity index is 2.23. The van der Waals surface area contributed by atoms with Crippen LogP contribution in [-0.4, -0.2) is 49.1 Å². The molecule has 0 spiro atoms. The van der Waals surface area contributed by atoms with E-state index in [0.29, 0.717) is 6.54 Å². The average Bonchev–Trinajstić information content (AvgIpc) is 2.38. The normalized spacial score (nSPS) is 20.1. The number of nitrogens with one attached hydrogen (secondary N) is 1.